The molecule has 0 spiro atoms. The zero-order chi connectivity index (χ0) is 12.8. The first kappa shape index (κ1) is 12.3. The lowest BCUT2D eigenvalue weighted by atomic mass is 9.45. The predicted octanol–water partition coefficient (Wildman–Crippen LogP) is 4.84. The van der Waals surface area contributed by atoms with Gasteiger partial charge in [0.15, 0.2) is 0 Å². The Hall–Kier alpha value is -0.760. The molecule has 3 aliphatic rings. The SMILES string of the molecule is C[C@@H]1/C(=N/Sc2ccccc2)C[C@H]2C[C@@H]1C2(C)C. The average Bonchev–Trinajstić information content (AvgIpc) is 2.38. The highest BCUT2D eigenvalue weighted by atomic mass is 32.2. The summed E-state index contributed by atoms with van der Waals surface area (Å²) in [6, 6.07) is 10.5. The molecule has 3 aliphatic carbocycles. The van der Waals surface area contributed by atoms with Gasteiger partial charge in [0.05, 0.1) is 0 Å². The second-order valence-corrected chi connectivity index (χ2v) is 7.18. The van der Waals surface area contributed by atoms with E-state index in [4.69, 9.17) is 4.40 Å². The molecule has 0 N–H and O–H groups in total. The molecular formula is C16H21NS. The maximum Gasteiger partial charge on any atom is 0.0305 e. The zero-order valence-electron chi connectivity index (χ0n) is 11.4. The third-order valence-electron chi connectivity index (χ3n) is 5.14. The molecule has 0 radical (unpaired) electrons. The highest BCUT2D eigenvalue weighted by Gasteiger charge is 2.55. The standard InChI is InChI=1S/C16H21NS/c1-11-14-9-12(16(14,2)3)10-15(11)17-18-13-7-5-4-6-8-13/h4-8,11-12,14H,9-10H2,1-3H3/b17-15+/t11-,12+,14-/m0/s1. The number of hydrogen-bond donors (Lipinski definition) is 0. The Morgan fingerprint density at radius 1 is 1.22 bits per heavy atom. The summed E-state index contributed by atoms with van der Waals surface area (Å²) in [5.41, 5.74) is 1.99. The van der Waals surface area contributed by atoms with E-state index in [1.165, 1.54) is 23.4 Å². The van der Waals surface area contributed by atoms with Crippen molar-refractivity contribution in [3.8, 4) is 0 Å². The molecule has 2 heteroatoms. The van der Waals surface area contributed by atoms with Crippen LogP contribution in [0.4, 0.5) is 0 Å². The summed E-state index contributed by atoms with van der Waals surface area (Å²) in [4.78, 5) is 1.25. The van der Waals surface area contributed by atoms with Crippen LogP contribution in [-0.2, 0) is 0 Å². The molecule has 1 aromatic rings. The van der Waals surface area contributed by atoms with Gasteiger partial charge in [-0.25, -0.2) is 4.40 Å². The molecule has 1 nitrogen and oxygen atoms in total. The van der Waals surface area contributed by atoms with Crippen molar-refractivity contribution >= 4 is 17.7 Å². The first-order chi connectivity index (χ1) is 8.59. The maximum absolute atomic E-state index is 4.81. The minimum Gasteiger partial charge on any atom is -0.220 e. The number of benzene rings is 1. The van der Waals surface area contributed by atoms with Crippen molar-refractivity contribution in [1.82, 2.24) is 0 Å². The first-order valence-electron chi connectivity index (χ1n) is 6.88. The van der Waals surface area contributed by atoms with Gasteiger partial charge in [0.1, 0.15) is 0 Å². The van der Waals surface area contributed by atoms with Crippen LogP contribution in [0, 0.1) is 23.2 Å². The minimum absolute atomic E-state index is 0.551. The van der Waals surface area contributed by atoms with Gasteiger partial charge in [-0.15, -0.1) is 0 Å². The van der Waals surface area contributed by atoms with Crippen LogP contribution < -0.4 is 0 Å². The largest absolute Gasteiger partial charge is 0.220 e. The first-order valence-corrected chi connectivity index (χ1v) is 7.65. The van der Waals surface area contributed by atoms with Crippen molar-refractivity contribution in [2.75, 3.05) is 0 Å². The highest BCUT2D eigenvalue weighted by Crippen LogP contribution is 2.60. The molecule has 0 amide bonds. The molecule has 3 fully saturated rings. The van der Waals surface area contributed by atoms with Crippen LogP contribution in [0.3, 0.4) is 0 Å². The third kappa shape index (κ3) is 1.91. The van der Waals surface area contributed by atoms with Gasteiger partial charge in [-0.05, 0) is 48.1 Å². The van der Waals surface area contributed by atoms with Crippen LogP contribution in [0.2, 0.25) is 0 Å². The number of nitrogens with zero attached hydrogens (tertiary/aromatic N) is 1. The molecule has 0 unspecified atom stereocenters. The minimum atomic E-state index is 0.551. The molecule has 0 heterocycles. The van der Waals surface area contributed by atoms with Crippen molar-refractivity contribution in [2.24, 2.45) is 27.6 Å². The number of hydrogen-bond acceptors (Lipinski definition) is 2. The lowest BCUT2D eigenvalue weighted by Gasteiger charge is -2.59. The molecule has 4 rings (SSSR count). The van der Waals surface area contributed by atoms with Crippen LogP contribution in [0.5, 0.6) is 0 Å². The van der Waals surface area contributed by atoms with Gasteiger partial charge in [-0.3, -0.25) is 0 Å². The highest BCUT2D eigenvalue weighted by molar-refractivity contribution is 7.98. The number of fused-ring (bicyclic) bond motifs is 2. The summed E-state index contributed by atoms with van der Waals surface area (Å²) >= 11 is 1.64. The lowest BCUT2D eigenvalue weighted by molar-refractivity contribution is -0.0518. The summed E-state index contributed by atoms with van der Waals surface area (Å²) < 4.78 is 4.81. The quantitative estimate of drug-likeness (QED) is 0.692. The molecule has 96 valence electrons. The Balaban J connectivity index is 1.72. The Labute approximate surface area is 114 Å². The van der Waals surface area contributed by atoms with Crippen molar-refractivity contribution in [2.45, 2.75) is 38.5 Å². The average molecular weight is 259 g/mol. The summed E-state index contributed by atoms with van der Waals surface area (Å²) in [6.45, 7) is 7.24. The van der Waals surface area contributed by atoms with E-state index in [2.05, 4.69) is 51.1 Å². The van der Waals surface area contributed by atoms with E-state index in [0.717, 1.165) is 11.8 Å². The second kappa shape index (κ2) is 4.41. The monoisotopic (exact) mass is 259 g/mol. The summed E-state index contributed by atoms with van der Waals surface area (Å²) in [7, 11) is 0. The third-order valence-corrected chi connectivity index (χ3v) is 5.95. The molecule has 3 atom stereocenters. The van der Waals surface area contributed by atoms with Crippen LogP contribution in [0.1, 0.15) is 33.6 Å². The molecule has 1 aromatic carbocycles. The van der Waals surface area contributed by atoms with Crippen LogP contribution in [-0.4, -0.2) is 5.71 Å². The van der Waals surface area contributed by atoms with E-state index in [1.807, 2.05) is 0 Å². The van der Waals surface area contributed by atoms with E-state index in [9.17, 15) is 0 Å². The molecule has 3 saturated carbocycles. The van der Waals surface area contributed by atoms with Crippen molar-refractivity contribution in [1.29, 1.82) is 0 Å². The fourth-order valence-corrected chi connectivity index (χ4v) is 4.38. The van der Waals surface area contributed by atoms with Gasteiger partial charge < -0.3 is 0 Å². The van der Waals surface area contributed by atoms with E-state index in [-0.39, 0.29) is 0 Å². The second-order valence-electron chi connectivity index (χ2n) is 6.34. The number of rotatable bonds is 2. The Morgan fingerprint density at radius 3 is 2.56 bits per heavy atom. The summed E-state index contributed by atoms with van der Waals surface area (Å²) in [5.74, 6) is 2.39. The maximum atomic E-state index is 4.81. The van der Waals surface area contributed by atoms with Crippen LogP contribution in [0.15, 0.2) is 39.6 Å². The van der Waals surface area contributed by atoms with Crippen molar-refractivity contribution in [3.05, 3.63) is 30.3 Å². The van der Waals surface area contributed by atoms with E-state index in [0.29, 0.717) is 11.3 Å². The fourth-order valence-electron chi connectivity index (χ4n) is 3.63. The smallest absolute Gasteiger partial charge is 0.0305 e. The van der Waals surface area contributed by atoms with Crippen LogP contribution >= 0.6 is 11.9 Å². The van der Waals surface area contributed by atoms with Gasteiger partial charge >= 0.3 is 0 Å². The molecular weight excluding hydrogens is 238 g/mol. The lowest BCUT2D eigenvalue weighted by Crippen LogP contribution is -2.55. The molecule has 2 bridgehead atoms. The van der Waals surface area contributed by atoms with E-state index in [1.54, 1.807) is 11.9 Å². The zero-order valence-corrected chi connectivity index (χ0v) is 12.2. The fraction of sp³-hybridized carbons (Fsp3) is 0.562. The Kier molecular flexibility index (Phi) is 3.01. The van der Waals surface area contributed by atoms with Gasteiger partial charge in [-0.1, -0.05) is 39.0 Å². The summed E-state index contributed by atoms with van der Waals surface area (Å²) in [5, 5.41) is 0. The Bertz CT molecular complexity index is 463. The molecule has 0 aromatic heterocycles. The molecule has 18 heavy (non-hydrogen) atoms. The Morgan fingerprint density at radius 2 is 1.94 bits per heavy atom. The topological polar surface area (TPSA) is 12.4 Å². The van der Waals surface area contributed by atoms with Gasteiger partial charge in [-0.2, -0.15) is 0 Å². The van der Waals surface area contributed by atoms with Gasteiger partial charge in [0.25, 0.3) is 0 Å². The molecule has 0 aliphatic heterocycles. The normalized spacial score (nSPS) is 35.3. The van der Waals surface area contributed by atoms with Crippen molar-refractivity contribution < 1.29 is 0 Å². The van der Waals surface area contributed by atoms with E-state index >= 15 is 0 Å². The molecule has 0 saturated heterocycles. The van der Waals surface area contributed by atoms with Gasteiger partial charge in [0.2, 0.25) is 0 Å². The van der Waals surface area contributed by atoms with Crippen molar-refractivity contribution in [3.63, 3.8) is 0 Å². The van der Waals surface area contributed by atoms with Crippen LogP contribution in [0.25, 0.3) is 0 Å². The predicted molar refractivity (Wildman–Crippen MR) is 78.9 cm³/mol. The van der Waals surface area contributed by atoms with E-state index < -0.39 is 0 Å². The summed E-state index contributed by atoms with van der Waals surface area (Å²) in [6.07, 6.45) is 2.63. The van der Waals surface area contributed by atoms with Gasteiger partial charge in [0, 0.05) is 22.6 Å².